The maximum atomic E-state index is 11.6. The number of hydrogen-bond acceptors (Lipinski definition) is 5. The van der Waals surface area contributed by atoms with E-state index in [1.54, 1.807) is 0 Å². The van der Waals surface area contributed by atoms with Crippen molar-refractivity contribution in [3.05, 3.63) is 11.1 Å². The van der Waals surface area contributed by atoms with Gasteiger partial charge >= 0.3 is 5.97 Å². The molecule has 0 saturated heterocycles. The predicted octanol–water partition coefficient (Wildman–Crippen LogP) is 1.44. The summed E-state index contributed by atoms with van der Waals surface area (Å²) < 4.78 is 0. The minimum atomic E-state index is -0.799. The van der Waals surface area contributed by atoms with Crippen LogP contribution in [0, 0.1) is 0 Å². The standard InChI is InChI=1S/C12H19N3O3S/c1-15(2)7-6-10(16)14-12-13-9(8-19-12)4-3-5-11(17)18/h8H,3-7H2,1-2H3,(H,17,18)(H,13,14,16). The molecule has 0 saturated carbocycles. The SMILES string of the molecule is CN(C)CCC(=O)Nc1nc(CCCC(=O)O)cs1. The highest BCUT2D eigenvalue weighted by Gasteiger charge is 2.07. The fourth-order valence-corrected chi connectivity index (χ4v) is 2.17. The summed E-state index contributed by atoms with van der Waals surface area (Å²) in [5.41, 5.74) is 0.828. The van der Waals surface area contributed by atoms with Gasteiger partial charge in [-0.15, -0.1) is 11.3 Å². The van der Waals surface area contributed by atoms with E-state index < -0.39 is 5.97 Å². The van der Waals surface area contributed by atoms with Crippen LogP contribution in [-0.2, 0) is 16.0 Å². The number of nitrogens with zero attached hydrogens (tertiary/aromatic N) is 2. The first-order valence-corrected chi connectivity index (χ1v) is 6.96. The number of aliphatic carboxylic acids is 1. The Kier molecular flexibility index (Phi) is 6.44. The molecule has 0 aromatic carbocycles. The average Bonchev–Trinajstić information content (AvgIpc) is 2.73. The number of rotatable bonds is 8. The van der Waals surface area contributed by atoms with E-state index in [1.165, 1.54) is 11.3 Å². The van der Waals surface area contributed by atoms with Gasteiger partial charge in [-0.1, -0.05) is 0 Å². The van der Waals surface area contributed by atoms with Gasteiger partial charge in [0.1, 0.15) is 0 Å². The van der Waals surface area contributed by atoms with Crippen LogP contribution in [0.4, 0.5) is 5.13 Å². The van der Waals surface area contributed by atoms with Crippen LogP contribution in [0.25, 0.3) is 0 Å². The number of anilines is 1. The van der Waals surface area contributed by atoms with Gasteiger partial charge in [0.05, 0.1) is 5.69 Å². The fourth-order valence-electron chi connectivity index (χ4n) is 1.41. The van der Waals surface area contributed by atoms with Gasteiger partial charge < -0.3 is 15.3 Å². The maximum absolute atomic E-state index is 11.6. The number of carbonyl (C=O) groups excluding carboxylic acids is 1. The van der Waals surface area contributed by atoms with E-state index in [0.29, 0.717) is 30.9 Å². The van der Waals surface area contributed by atoms with Crippen molar-refractivity contribution in [3.63, 3.8) is 0 Å². The Balaban J connectivity index is 2.33. The summed E-state index contributed by atoms with van der Waals surface area (Å²) in [6.07, 6.45) is 1.76. The lowest BCUT2D eigenvalue weighted by Gasteiger charge is -2.08. The Morgan fingerprint density at radius 1 is 1.42 bits per heavy atom. The number of amides is 1. The molecule has 1 aromatic heterocycles. The van der Waals surface area contributed by atoms with Crippen LogP contribution in [0.3, 0.4) is 0 Å². The maximum Gasteiger partial charge on any atom is 0.303 e. The van der Waals surface area contributed by atoms with Crippen LogP contribution in [0.5, 0.6) is 0 Å². The van der Waals surface area contributed by atoms with E-state index in [9.17, 15) is 9.59 Å². The van der Waals surface area contributed by atoms with Gasteiger partial charge in [0.2, 0.25) is 5.91 Å². The van der Waals surface area contributed by atoms with Gasteiger partial charge in [-0.2, -0.15) is 0 Å². The average molecular weight is 285 g/mol. The Bertz CT molecular complexity index is 432. The number of nitrogens with one attached hydrogen (secondary N) is 1. The number of carbonyl (C=O) groups is 2. The molecule has 0 aliphatic heterocycles. The lowest BCUT2D eigenvalue weighted by Crippen LogP contribution is -2.20. The second-order valence-electron chi connectivity index (χ2n) is 4.49. The monoisotopic (exact) mass is 285 g/mol. The summed E-state index contributed by atoms with van der Waals surface area (Å²) in [4.78, 5) is 28.2. The lowest BCUT2D eigenvalue weighted by atomic mass is 10.2. The summed E-state index contributed by atoms with van der Waals surface area (Å²) in [6.45, 7) is 0.697. The molecule has 0 atom stereocenters. The number of hydrogen-bond donors (Lipinski definition) is 2. The van der Waals surface area contributed by atoms with Crippen LogP contribution in [0.1, 0.15) is 25.0 Å². The predicted molar refractivity (Wildman–Crippen MR) is 74.5 cm³/mol. The zero-order valence-corrected chi connectivity index (χ0v) is 12.0. The number of aryl methyl sites for hydroxylation is 1. The lowest BCUT2D eigenvalue weighted by molar-refractivity contribution is -0.137. The summed E-state index contributed by atoms with van der Waals surface area (Å²) in [6, 6.07) is 0. The van der Waals surface area contributed by atoms with E-state index in [2.05, 4.69) is 10.3 Å². The molecule has 6 nitrogen and oxygen atoms in total. The smallest absolute Gasteiger partial charge is 0.303 e. The zero-order valence-electron chi connectivity index (χ0n) is 11.2. The molecule has 0 aliphatic carbocycles. The number of aromatic nitrogens is 1. The van der Waals surface area contributed by atoms with Crippen molar-refractivity contribution >= 4 is 28.3 Å². The van der Waals surface area contributed by atoms with Crippen LogP contribution >= 0.6 is 11.3 Å². The van der Waals surface area contributed by atoms with Crippen molar-refractivity contribution in [2.45, 2.75) is 25.7 Å². The molecular weight excluding hydrogens is 266 g/mol. The van der Waals surface area contributed by atoms with Gasteiger partial charge in [-0.25, -0.2) is 4.98 Å². The van der Waals surface area contributed by atoms with Crippen molar-refractivity contribution in [2.24, 2.45) is 0 Å². The number of thiazole rings is 1. The third kappa shape index (κ3) is 6.88. The van der Waals surface area contributed by atoms with E-state index in [1.807, 2.05) is 24.4 Å². The summed E-state index contributed by atoms with van der Waals surface area (Å²) in [5.74, 6) is -0.854. The minimum absolute atomic E-state index is 0.0554. The molecule has 1 rings (SSSR count). The topological polar surface area (TPSA) is 82.5 Å². The molecule has 19 heavy (non-hydrogen) atoms. The molecule has 106 valence electrons. The fraction of sp³-hybridized carbons (Fsp3) is 0.583. The first-order chi connectivity index (χ1) is 8.97. The van der Waals surface area contributed by atoms with Crippen molar-refractivity contribution < 1.29 is 14.7 Å². The highest BCUT2D eigenvalue weighted by atomic mass is 32.1. The molecular formula is C12H19N3O3S. The summed E-state index contributed by atoms with van der Waals surface area (Å²) >= 11 is 1.37. The molecule has 7 heteroatoms. The van der Waals surface area contributed by atoms with Gasteiger partial charge in [0.25, 0.3) is 0 Å². The van der Waals surface area contributed by atoms with E-state index in [0.717, 1.165) is 5.69 Å². The van der Waals surface area contributed by atoms with Crippen LogP contribution in [0.15, 0.2) is 5.38 Å². The van der Waals surface area contributed by atoms with Crippen molar-refractivity contribution in [1.29, 1.82) is 0 Å². The first-order valence-electron chi connectivity index (χ1n) is 6.08. The molecule has 0 bridgehead atoms. The zero-order chi connectivity index (χ0) is 14.3. The molecule has 0 radical (unpaired) electrons. The van der Waals surface area contributed by atoms with Gasteiger partial charge in [0, 0.05) is 24.8 Å². The highest BCUT2D eigenvalue weighted by molar-refractivity contribution is 7.13. The Hall–Kier alpha value is -1.47. The quantitative estimate of drug-likeness (QED) is 0.755. The van der Waals surface area contributed by atoms with Crippen molar-refractivity contribution in [2.75, 3.05) is 26.0 Å². The van der Waals surface area contributed by atoms with Crippen LogP contribution < -0.4 is 5.32 Å². The van der Waals surface area contributed by atoms with Crippen LogP contribution in [0.2, 0.25) is 0 Å². The minimum Gasteiger partial charge on any atom is -0.481 e. The van der Waals surface area contributed by atoms with Crippen LogP contribution in [-0.4, -0.2) is 47.5 Å². The molecule has 1 amide bonds. The highest BCUT2D eigenvalue weighted by Crippen LogP contribution is 2.17. The number of carboxylic acids is 1. The second-order valence-corrected chi connectivity index (χ2v) is 5.35. The third-order valence-electron chi connectivity index (χ3n) is 2.41. The van der Waals surface area contributed by atoms with E-state index in [4.69, 9.17) is 5.11 Å². The molecule has 1 aromatic rings. The molecule has 1 heterocycles. The largest absolute Gasteiger partial charge is 0.481 e. The first kappa shape index (κ1) is 15.6. The Labute approximate surface area is 116 Å². The van der Waals surface area contributed by atoms with E-state index >= 15 is 0 Å². The molecule has 0 spiro atoms. The normalized spacial score (nSPS) is 10.7. The third-order valence-corrected chi connectivity index (χ3v) is 3.21. The van der Waals surface area contributed by atoms with Crippen molar-refractivity contribution in [1.82, 2.24) is 9.88 Å². The molecule has 0 unspecified atom stereocenters. The van der Waals surface area contributed by atoms with Gasteiger partial charge in [-0.3, -0.25) is 9.59 Å². The van der Waals surface area contributed by atoms with Gasteiger partial charge in [0.15, 0.2) is 5.13 Å². The molecule has 0 fully saturated rings. The summed E-state index contributed by atoms with van der Waals surface area (Å²) in [7, 11) is 3.83. The molecule has 2 N–H and O–H groups in total. The Morgan fingerprint density at radius 2 is 2.16 bits per heavy atom. The van der Waals surface area contributed by atoms with Gasteiger partial charge in [-0.05, 0) is 26.9 Å². The number of carboxylic acid groups (broad SMARTS) is 1. The van der Waals surface area contributed by atoms with Crippen molar-refractivity contribution in [3.8, 4) is 0 Å². The summed E-state index contributed by atoms with van der Waals surface area (Å²) in [5, 5.41) is 13.7. The second kappa shape index (κ2) is 7.85. The van der Waals surface area contributed by atoms with E-state index in [-0.39, 0.29) is 12.3 Å². The Morgan fingerprint density at radius 3 is 2.79 bits per heavy atom. The molecule has 0 aliphatic rings.